The van der Waals surface area contributed by atoms with Crippen LogP contribution in [0.1, 0.15) is 26.7 Å². The number of nitrogens with zero attached hydrogens (tertiary/aromatic N) is 2. The molecule has 0 aromatic heterocycles. The average Bonchev–Trinajstić information content (AvgIpc) is 2.49. The van der Waals surface area contributed by atoms with Crippen molar-refractivity contribution in [1.82, 2.24) is 4.90 Å². The van der Waals surface area contributed by atoms with E-state index in [1.54, 1.807) is 0 Å². The fourth-order valence-corrected chi connectivity index (χ4v) is 1.35. The summed E-state index contributed by atoms with van der Waals surface area (Å²) in [4.78, 5) is 7.52. The smallest absolute Gasteiger partial charge is 0.129 e. The maximum absolute atomic E-state index is 5.10. The predicted molar refractivity (Wildman–Crippen MR) is 50.4 cm³/mol. The molecule has 1 aliphatic heterocycles. The SMILES string of the molecule is CC(C)=NOCCN1CCCC1. The van der Waals surface area contributed by atoms with Crippen LogP contribution in [0.2, 0.25) is 0 Å². The molecule has 3 heteroatoms. The molecule has 1 saturated heterocycles. The fraction of sp³-hybridized carbons (Fsp3) is 0.889. The molecule has 0 aliphatic carbocycles. The minimum atomic E-state index is 0.727. The van der Waals surface area contributed by atoms with E-state index in [0.717, 1.165) is 18.9 Å². The lowest BCUT2D eigenvalue weighted by Gasteiger charge is -2.12. The van der Waals surface area contributed by atoms with E-state index in [4.69, 9.17) is 4.84 Å². The lowest BCUT2D eigenvalue weighted by molar-refractivity contribution is 0.118. The molecule has 0 atom stereocenters. The Kier molecular flexibility index (Phi) is 4.08. The fourth-order valence-electron chi connectivity index (χ4n) is 1.35. The predicted octanol–water partition coefficient (Wildman–Crippen LogP) is 1.49. The summed E-state index contributed by atoms with van der Waals surface area (Å²) in [6.45, 7) is 8.10. The lowest BCUT2D eigenvalue weighted by atomic mass is 10.4. The van der Waals surface area contributed by atoms with Gasteiger partial charge in [-0.15, -0.1) is 0 Å². The minimum absolute atomic E-state index is 0.727. The van der Waals surface area contributed by atoms with Gasteiger partial charge in [0.15, 0.2) is 0 Å². The molecule has 0 aromatic rings. The highest BCUT2D eigenvalue weighted by Crippen LogP contribution is 2.05. The first-order valence-corrected chi connectivity index (χ1v) is 4.64. The van der Waals surface area contributed by atoms with Crippen molar-refractivity contribution in [2.24, 2.45) is 5.16 Å². The van der Waals surface area contributed by atoms with Gasteiger partial charge in [-0.3, -0.25) is 4.90 Å². The number of likely N-dealkylation sites (tertiary alicyclic amines) is 1. The van der Waals surface area contributed by atoms with Gasteiger partial charge in [0.1, 0.15) is 6.61 Å². The highest BCUT2D eigenvalue weighted by atomic mass is 16.6. The highest BCUT2D eigenvalue weighted by molar-refractivity contribution is 5.78. The standard InChI is InChI=1S/C9H18N2O/c1-9(2)10-12-8-7-11-5-3-4-6-11/h3-8H2,1-2H3. The summed E-state index contributed by atoms with van der Waals surface area (Å²) in [5.41, 5.74) is 0.983. The third kappa shape index (κ3) is 3.72. The first-order chi connectivity index (χ1) is 5.79. The third-order valence-corrected chi connectivity index (χ3v) is 1.94. The molecule has 3 nitrogen and oxygen atoms in total. The normalized spacial score (nSPS) is 17.8. The summed E-state index contributed by atoms with van der Waals surface area (Å²) in [6, 6.07) is 0. The molecule has 0 bridgehead atoms. The summed E-state index contributed by atoms with van der Waals surface area (Å²) < 4.78 is 0. The van der Waals surface area contributed by atoms with E-state index in [-0.39, 0.29) is 0 Å². The first kappa shape index (κ1) is 9.52. The Morgan fingerprint density at radius 2 is 2.00 bits per heavy atom. The number of hydrogen-bond donors (Lipinski definition) is 0. The van der Waals surface area contributed by atoms with Crippen LogP contribution in [-0.4, -0.2) is 36.9 Å². The van der Waals surface area contributed by atoms with Gasteiger partial charge in [0.25, 0.3) is 0 Å². The molecule has 0 spiro atoms. The molecule has 1 rings (SSSR count). The van der Waals surface area contributed by atoms with Gasteiger partial charge in [0.2, 0.25) is 0 Å². The Balaban J connectivity index is 1.98. The van der Waals surface area contributed by atoms with Crippen LogP contribution in [0.25, 0.3) is 0 Å². The molecular weight excluding hydrogens is 152 g/mol. The zero-order valence-corrected chi connectivity index (χ0v) is 8.05. The van der Waals surface area contributed by atoms with Gasteiger partial charge in [0, 0.05) is 6.54 Å². The van der Waals surface area contributed by atoms with Crippen LogP contribution in [0.4, 0.5) is 0 Å². The number of hydrogen-bond acceptors (Lipinski definition) is 3. The van der Waals surface area contributed by atoms with Crippen molar-refractivity contribution < 1.29 is 4.84 Å². The van der Waals surface area contributed by atoms with E-state index < -0.39 is 0 Å². The summed E-state index contributed by atoms with van der Waals surface area (Å²) in [6.07, 6.45) is 2.69. The van der Waals surface area contributed by atoms with Gasteiger partial charge in [-0.05, 0) is 39.8 Å². The summed E-state index contributed by atoms with van der Waals surface area (Å²) in [7, 11) is 0. The van der Waals surface area contributed by atoms with E-state index >= 15 is 0 Å². The Morgan fingerprint density at radius 1 is 1.33 bits per heavy atom. The quantitative estimate of drug-likeness (QED) is 0.363. The maximum Gasteiger partial charge on any atom is 0.129 e. The molecule has 0 saturated carbocycles. The van der Waals surface area contributed by atoms with E-state index in [9.17, 15) is 0 Å². The van der Waals surface area contributed by atoms with Gasteiger partial charge >= 0.3 is 0 Å². The Bertz CT molecular complexity index is 147. The van der Waals surface area contributed by atoms with E-state index in [2.05, 4.69) is 10.1 Å². The van der Waals surface area contributed by atoms with Crippen LogP contribution in [0, 0.1) is 0 Å². The molecule has 0 unspecified atom stereocenters. The van der Waals surface area contributed by atoms with Crippen LogP contribution in [0.15, 0.2) is 5.16 Å². The van der Waals surface area contributed by atoms with Crippen LogP contribution in [0.5, 0.6) is 0 Å². The van der Waals surface area contributed by atoms with Gasteiger partial charge in [0.05, 0.1) is 5.71 Å². The molecule has 0 aromatic carbocycles. The molecule has 70 valence electrons. The van der Waals surface area contributed by atoms with Crippen LogP contribution in [0.3, 0.4) is 0 Å². The number of rotatable bonds is 4. The monoisotopic (exact) mass is 170 g/mol. The van der Waals surface area contributed by atoms with Crippen molar-refractivity contribution in [1.29, 1.82) is 0 Å². The van der Waals surface area contributed by atoms with Gasteiger partial charge in [-0.2, -0.15) is 0 Å². The van der Waals surface area contributed by atoms with Crippen LogP contribution < -0.4 is 0 Å². The van der Waals surface area contributed by atoms with E-state index in [1.165, 1.54) is 25.9 Å². The van der Waals surface area contributed by atoms with Crippen molar-refractivity contribution in [3.05, 3.63) is 0 Å². The van der Waals surface area contributed by atoms with Crippen molar-refractivity contribution >= 4 is 5.71 Å². The van der Waals surface area contributed by atoms with Gasteiger partial charge in [-0.25, -0.2) is 0 Å². The highest BCUT2D eigenvalue weighted by Gasteiger charge is 2.10. The summed E-state index contributed by atoms with van der Waals surface area (Å²) in [5.74, 6) is 0. The average molecular weight is 170 g/mol. The van der Waals surface area contributed by atoms with E-state index in [0.29, 0.717) is 0 Å². The Labute approximate surface area is 74.4 Å². The second kappa shape index (κ2) is 5.14. The molecule has 0 radical (unpaired) electrons. The van der Waals surface area contributed by atoms with Gasteiger partial charge in [-0.1, -0.05) is 5.16 Å². The minimum Gasteiger partial charge on any atom is -0.395 e. The van der Waals surface area contributed by atoms with Gasteiger partial charge < -0.3 is 4.84 Å². The summed E-state index contributed by atoms with van der Waals surface area (Å²) in [5, 5.41) is 3.88. The van der Waals surface area contributed by atoms with Crippen molar-refractivity contribution in [2.75, 3.05) is 26.2 Å². The molecule has 12 heavy (non-hydrogen) atoms. The largest absolute Gasteiger partial charge is 0.395 e. The van der Waals surface area contributed by atoms with Crippen LogP contribution in [-0.2, 0) is 4.84 Å². The van der Waals surface area contributed by atoms with E-state index in [1.807, 2.05) is 13.8 Å². The second-order valence-corrected chi connectivity index (χ2v) is 3.42. The third-order valence-electron chi connectivity index (χ3n) is 1.94. The zero-order valence-electron chi connectivity index (χ0n) is 8.05. The Morgan fingerprint density at radius 3 is 2.58 bits per heavy atom. The summed E-state index contributed by atoms with van der Waals surface area (Å²) >= 11 is 0. The maximum atomic E-state index is 5.10. The van der Waals surface area contributed by atoms with Crippen LogP contribution >= 0.6 is 0 Å². The zero-order chi connectivity index (χ0) is 8.81. The molecular formula is C9H18N2O. The first-order valence-electron chi connectivity index (χ1n) is 4.64. The molecule has 0 N–H and O–H groups in total. The Hall–Kier alpha value is -0.570. The molecule has 1 fully saturated rings. The van der Waals surface area contributed by atoms with Crippen molar-refractivity contribution in [2.45, 2.75) is 26.7 Å². The second-order valence-electron chi connectivity index (χ2n) is 3.42. The van der Waals surface area contributed by atoms with Crippen molar-refractivity contribution in [3.8, 4) is 0 Å². The topological polar surface area (TPSA) is 24.8 Å². The lowest BCUT2D eigenvalue weighted by Crippen LogP contribution is -2.23. The molecule has 1 heterocycles. The molecule has 0 amide bonds. The van der Waals surface area contributed by atoms with Crippen molar-refractivity contribution in [3.63, 3.8) is 0 Å². The number of oxime groups is 1. The molecule has 1 aliphatic rings.